The summed E-state index contributed by atoms with van der Waals surface area (Å²) in [7, 11) is 0. The van der Waals surface area contributed by atoms with E-state index >= 15 is 0 Å². The molecule has 0 saturated heterocycles. The summed E-state index contributed by atoms with van der Waals surface area (Å²) in [6.45, 7) is 2.89. The third kappa shape index (κ3) is 3.79. The zero-order valence-corrected chi connectivity index (χ0v) is 13.1. The average Bonchev–Trinajstić information content (AvgIpc) is 3.27. The fourth-order valence-electron chi connectivity index (χ4n) is 2.90. The first-order valence-electron chi connectivity index (χ1n) is 8.10. The Morgan fingerprint density at radius 3 is 2.64 bits per heavy atom. The first kappa shape index (κ1) is 14.9. The molecule has 1 aliphatic rings. The Kier molecular flexibility index (Phi) is 4.62. The second-order valence-electron chi connectivity index (χ2n) is 6.16. The van der Waals surface area contributed by atoms with Crippen molar-refractivity contribution >= 4 is 5.91 Å². The largest absolute Gasteiger partial charge is 0.469 e. The quantitative estimate of drug-likeness (QED) is 0.773. The molecule has 1 aliphatic carbocycles. The van der Waals surface area contributed by atoms with Crippen LogP contribution in [0.1, 0.15) is 37.5 Å². The van der Waals surface area contributed by atoms with Crippen LogP contribution >= 0.6 is 0 Å². The van der Waals surface area contributed by atoms with E-state index in [-0.39, 0.29) is 5.91 Å². The fourth-order valence-corrected chi connectivity index (χ4v) is 2.90. The molecule has 0 radical (unpaired) electrons. The lowest BCUT2D eigenvalue weighted by Crippen LogP contribution is -2.39. The highest BCUT2D eigenvalue weighted by Crippen LogP contribution is 2.36. The van der Waals surface area contributed by atoms with Gasteiger partial charge in [-0.15, -0.1) is 0 Å². The van der Waals surface area contributed by atoms with Crippen LogP contribution in [0.4, 0.5) is 0 Å². The third-order valence-electron chi connectivity index (χ3n) is 4.48. The Balaban J connectivity index is 1.65. The van der Waals surface area contributed by atoms with Gasteiger partial charge in [-0.2, -0.15) is 0 Å². The van der Waals surface area contributed by atoms with Crippen molar-refractivity contribution in [3.8, 4) is 0 Å². The molecular formula is C19H23NO2. The summed E-state index contributed by atoms with van der Waals surface area (Å²) in [4.78, 5) is 14.8. The number of carbonyl (C=O) groups excluding carboxylic acids is 1. The predicted molar refractivity (Wildman–Crippen MR) is 86.2 cm³/mol. The Labute approximate surface area is 131 Å². The Bertz CT molecular complexity index is 587. The molecule has 1 atom stereocenters. The molecule has 1 saturated carbocycles. The van der Waals surface area contributed by atoms with E-state index < -0.39 is 0 Å². The minimum absolute atomic E-state index is 0.222. The average molecular weight is 297 g/mol. The van der Waals surface area contributed by atoms with Gasteiger partial charge < -0.3 is 9.32 Å². The minimum Gasteiger partial charge on any atom is -0.469 e. The van der Waals surface area contributed by atoms with Crippen molar-refractivity contribution in [1.82, 2.24) is 4.90 Å². The first-order chi connectivity index (χ1) is 10.7. The number of hydrogen-bond acceptors (Lipinski definition) is 2. The summed E-state index contributed by atoms with van der Waals surface area (Å²) in [5.41, 5.74) is 1.20. The molecule has 1 amide bonds. The molecule has 1 heterocycles. The van der Waals surface area contributed by atoms with Crippen molar-refractivity contribution < 1.29 is 9.21 Å². The number of carbonyl (C=O) groups is 1. The van der Waals surface area contributed by atoms with E-state index in [0.717, 1.165) is 5.76 Å². The maximum atomic E-state index is 12.7. The van der Waals surface area contributed by atoms with Crippen molar-refractivity contribution in [3.05, 3.63) is 60.1 Å². The molecular weight excluding hydrogens is 274 g/mol. The minimum atomic E-state index is 0.222. The Morgan fingerprint density at radius 2 is 2.00 bits per heavy atom. The zero-order valence-electron chi connectivity index (χ0n) is 13.1. The van der Waals surface area contributed by atoms with E-state index in [1.165, 1.54) is 18.4 Å². The number of furan rings is 1. The van der Waals surface area contributed by atoms with Gasteiger partial charge in [0.25, 0.3) is 0 Å². The second kappa shape index (κ2) is 6.82. The van der Waals surface area contributed by atoms with Gasteiger partial charge in [0.2, 0.25) is 5.91 Å². The maximum Gasteiger partial charge on any atom is 0.223 e. The van der Waals surface area contributed by atoms with Gasteiger partial charge in [0.1, 0.15) is 5.76 Å². The van der Waals surface area contributed by atoms with E-state index in [1.54, 1.807) is 6.26 Å². The number of aryl methyl sites for hydroxylation is 1. The van der Waals surface area contributed by atoms with Crippen LogP contribution in [-0.2, 0) is 17.8 Å². The van der Waals surface area contributed by atoms with Crippen LogP contribution in [0, 0.1) is 5.92 Å². The SMILES string of the molecule is CC(C1CC1)N(Cc1ccccc1)C(=O)CCc1ccco1. The van der Waals surface area contributed by atoms with Gasteiger partial charge in [0.05, 0.1) is 6.26 Å². The molecule has 1 fully saturated rings. The van der Waals surface area contributed by atoms with E-state index in [4.69, 9.17) is 4.42 Å². The summed E-state index contributed by atoms with van der Waals surface area (Å²) in [5.74, 6) is 1.78. The summed E-state index contributed by atoms with van der Waals surface area (Å²) in [6.07, 6.45) is 5.34. The van der Waals surface area contributed by atoms with Gasteiger partial charge in [0.15, 0.2) is 0 Å². The summed E-state index contributed by atoms with van der Waals surface area (Å²) < 4.78 is 5.33. The molecule has 0 bridgehead atoms. The lowest BCUT2D eigenvalue weighted by atomic mass is 10.1. The van der Waals surface area contributed by atoms with Crippen LogP contribution in [0.3, 0.4) is 0 Å². The van der Waals surface area contributed by atoms with Gasteiger partial charge >= 0.3 is 0 Å². The fraction of sp³-hybridized carbons (Fsp3) is 0.421. The number of benzene rings is 1. The van der Waals surface area contributed by atoms with E-state index in [2.05, 4.69) is 24.0 Å². The van der Waals surface area contributed by atoms with Crippen LogP contribution in [0.15, 0.2) is 53.1 Å². The third-order valence-corrected chi connectivity index (χ3v) is 4.48. The van der Waals surface area contributed by atoms with Gasteiger partial charge in [-0.3, -0.25) is 4.79 Å². The first-order valence-corrected chi connectivity index (χ1v) is 8.10. The highest BCUT2D eigenvalue weighted by atomic mass is 16.3. The molecule has 1 unspecified atom stereocenters. The van der Waals surface area contributed by atoms with Crippen molar-refractivity contribution in [1.29, 1.82) is 0 Å². The molecule has 116 valence electrons. The monoisotopic (exact) mass is 297 g/mol. The normalized spacial score (nSPS) is 15.5. The van der Waals surface area contributed by atoms with Gasteiger partial charge in [0, 0.05) is 25.4 Å². The van der Waals surface area contributed by atoms with Crippen LogP contribution in [0.25, 0.3) is 0 Å². The Hall–Kier alpha value is -2.03. The molecule has 3 nitrogen and oxygen atoms in total. The molecule has 3 heteroatoms. The van der Waals surface area contributed by atoms with Crippen LogP contribution in [0.5, 0.6) is 0 Å². The van der Waals surface area contributed by atoms with Crippen molar-refractivity contribution in [2.24, 2.45) is 5.92 Å². The summed E-state index contributed by atoms with van der Waals surface area (Å²) in [5, 5.41) is 0. The topological polar surface area (TPSA) is 33.5 Å². The van der Waals surface area contributed by atoms with E-state index in [1.807, 2.05) is 30.3 Å². The van der Waals surface area contributed by atoms with E-state index in [9.17, 15) is 4.79 Å². The van der Waals surface area contributed by atoms with Crippen LogP contribution < -0.4 is 0 Å². The maximum absolute atomic E-state index is 12.7. The number of nitrogens with zero attached hydrogens (tertiary/aromatic N) is 1. The zero-order chi connectivity index (χ0) is 15.4. The van der Waals surface area contributed by atoms with Crippen molar-refractivity contribution in [3.63, 3.8) is 0 Å². The van der Waals surface area contributed by atoms with Gasteiger partial charge in [-0.25, -0.2) is 0 Å². The molecule has 2 aromatic rings. The molecule has 3 rings (SSSR count). The molecule has 0 N–H and O–H groups in total. The molecule has 1 aromatic carbocycles. The number of hydrogen-bond donors (Lipinski definition) is 0. The second-order valence-corrected chi connectivity index (χ2v) is 6.16. The smallest absolute Gasteiger partial charge is 0.223 e. The van der Waals surface area contributed by atoms with Crippen LogP contribution in [0.2, 0.25) is 0 Å². The summed E-state index contributed by atoms with van der Waals surface area (Å²) >= 11 is 0. The standard InChI is InChI=1S/C19H23NO2/c1-15(17-9-10-17)20(14-16-6-3-2-4-7-16)19(21)12-11-18-8-5-13-22-18/h2-8,13,15,17H,9-12,14H2,1H3. The molecule has 22 heavy (non-hydrogen) atoms. The number of rotatable bonds is 7. The van der Waals surface area contributed by atoms with Gasteiger partial charge in [-0.05, 0) is 43.4 Å². The molecule has 1 aromatic heterocycles. The van der Waals surface area contributed by atoms with Crippen molar-refractivity contribution in [2.45, 2.75) is 45.2 Å². The lowest BCUT2D eigenvalue weighted by molar-refractivity contribution is -0.134. The highest BCUT2D eigenvalue weighted by Gasteiger charge is 2.34. The number of amides is 1. The highest BCUT2D eigenvalue weighted by molar-refractivity contribution is 5.76. The lowest BCUT2D eigenvalue weighted by Gasteiger charge is -2.29. The van der Waals surface area contributed by atoms with Gasteiger partial charge in [-0.1, -0.05) is 30.3 Å². The van der Waals surface area contributed by atoms with E-state index in [0.29, 0.717) is 31.3 Å². The van der Waals surface area contributed by atoms with Crippen molar-refractivity contribution in [2.75, 3.05) is 0 Å². The molecule has 0 spiro atoms. The molecule has 0 aliphatic heterocycles. The predicted octanol–water partition coefficient (Wildman–Crippen LogP) is 4.04. The van der Waals surface area contributed by atoms with Crippen LogP contribution in [-0.4, -0.2) is 16.8 Å². The summed E-state index contributed by atoms with van der Waals surface area (Å²) in [6, 6.07) is 14.4. The Morgan fingerprint density at radius 1 is 1.23 bits per heavy atom.